The van der Waals surface area contributed by atoms with Gasteiger partial charge in [-0.25, -0.2) is 4.98 Å². The fraction of sp³-hybridized carbons (Fsp3) is 0.105. The molecule has 2 aromatic heterocycles. The molecule has 1 aromatic carbocycles. The number of pyridine rings is 1. The molecule has 0 fully saturated rings. The van der Waals surface area contributed by atoms with Crippen LogP contribution >= 0.6 is 11.3 Å². The van der Waals surface area contributed by atoms with Crippen molar-refractivity contribution in [2.24, 2.45) is 0 Å². The van der Waals surface area contributed by atoms with E-state index in [0.29, 0.717) is 0 Å². The van der Waals surface area contributed by atoms with Crippen LogP contribution in [0.15, 0.2) is 66.2 Å². The minimum Gasteiger partial charge on any atom is -0.340 e. The van der Waals surface area contributed by atoms with Crippen molar-refractivity contribution in [2.45, 2.75) is 13.0 Å². The monoisotopic (exact) mass is 335 g/mol. The lowest BCUT2D eigenvalue weighted by Gasteiger charge is -2.17. The van der Waals surface area contributed by atoms with Gasteiger partial charge < -0.3 is 5.32 Å². The molecule has 0 spiro atoms. The summed E-state index contributed by atoms with van der Waals surface area (Å²) in [4.78, 5) is 21.0. The maximum absolute atomic E-state index is 12.3. The van der Waals surface area contributed by atoms with Crippen LogP contribution in [0.25, 0.3) is 6.08 Å². The number of carbonyl (C=O) groups is 1. The molecule has 24 heavy (non-hydrogen) atoms. The Balaban J connectivity index is 1.79. The molecule has 3 rings (SSSR count). The number of carbonyl (C=O) groups excluding carboxylic acids is 1. The number of aromatic nitrogens is 2. The van der Waals surface area contributed by atoms with Crippen molar-refractivity contribution in [1.29, 1.82) is 0 Å². The molecule has 0 aliphatic heterocycles. The molecule has 0 saturated heterocycles. The molecule has 1 atom stereocenters. The summed E-state index contributed by atoms with van der Waals surface area (Å²) in [5.74, 6) is -0.180. The van der Waals surface area contributed by atoms with E-state index in [9.17, 15) is 4.79 Å². The van der Waals surface area contributed by atoms with Crippen LogP contribution in [-0.4, -0.2) is 15.9 Å². The molecule has 1 N–H and O–H groups in total. The number of aryl methyl sites for hydroxylation is 1. The maximum atomic E-state index is 12.3. The van der Waals surface area contributed by atoms with E-state index in [0.717, 1.165) is 22.0 Å². The van der Waals surface area contributed by atoms with Gasteiger partial charge in [-0.05, 0) is 30.7 Å². The Labute approximate surface area is 144 Å². The zero-order valence-electron chi connectivity index (χ0n) is 13.2. The first-order chi connectivity index (χ1) is 11.7. The van der Waals surface area contributed by atoms with Crippen molar-refractivity contribution in [1.82, 2.24) is 15.3 Å². The second kappa shape index (κ2) is 7.66. The minimum atomic E-state index is -0.290. The number of amides is 1. The molecule has 2 heterocycles. The highest BCUT2D eigenvalue weighted by molar-refractivity contribution is 7.09. The van der Waals surface area contributed by atoms with Crippen molar-refractivity contribution < 1.29 is 4.79 Å². The number of nitrogens with one attached hydrogen (secondary N) is 1. The van der Waals surface area contributed by atoms with Crippen LogP contribution in [0.4, 0.5) is 0 Å². The van der Waals surface area contributed by atoms with E-state index in [2.05, 4.69) is 15.3 Å². The zero-order chi connectivity index (χ0) is 16.8. The van der Waals surface area contributed by atoms with Crippen molar-refractivity contribution in [2.75, 3.05) is 0 Å². The first-order valence-corrected chi connectivity index (χ1v) is 8.47. The molecule has 120 valence electrons. The van der Waals surface area contributed by atoms with Gasteiger partial charge in [0, 0.05) is 17.7 Å². The first kappa shape index (κ1) is 16.1. The first-order valence-electron chi connectivity index (χ1n) is 7.59. The molecule has 5 heteroatoms. The van der Waals surface area contributed by atoms with Crippen molar-refractivity contribution in [3.05, 3.63) is 88.1 Å². The third-order valence-corrected chi connectivity index (χ3v) is 4.24. The van der Waals surface area contributed by atoms with Gasteiger partial charge in [0.05, 0.1) is 22.4 Å². The van der Waals surface area contributed by atoms with Crippen molar-refractivity contribution >= 4 is 23.3 Å². The van der Waals surface area contributed by atoms with Gasteiger partial charge in [0.1, 0.15) is 0 Å². The number of hydrogen-bond acceptors (Lipinski definition) is 4. The minimum absolute atomic E-state index is 0.180. The van der Waals surface area contributed by atoms with Gasteiger partial charge in [-0.2, -0.15) is 0 Å². The Bertz CT molecular complexity index is 789. The molecular weight excluding hydrogens is 318 g/mol. The quantitative estimate of drug-likeness (QED) is 0.722. The highest BCUT2D eigenvalue weighted by Crippen LogP contribution is 2.20. The van der Waals surface area contributed by atoms with E-state index >= 15 is 0 Å². The Morgan fingerprint density at radius 3 is 2.62 bits per heavy atom. The Kier molecular flexibility index (Phi) is 5.13. The number of thiazole rings is 1. The summed E-state index contributed by atoms with van der Waals surface area (Å²) in [6, 6.07) is 15.2. The van der Waals surface area contributed by atoms with Crippen LogP contribution in [0.2, 0.25) is 0 Å². The van der Waals surface area contributed by atoms with E-state index in [1.54, 1.807) is 23.6 Å². The standard InChI is InChI=1S/C19H17N3OS/c1-14-21-16(13-24-14)10-11-18(23)22-19(15-7-3-2-4-8-15)17-9-5-6-12-20-17/h2-13,19H,1H3,(H,22,23)/b11-10+. The average Bonchev–Trinajstić information content (AvgIpc) is 3.05. The molecule has 0 radical (unpaired) electrons. The number of nitrogens with zero attached hydrogens (tertiary/aromatic N) is 2. The highest BCUT2D eigenvalue weighted by Gasteiger charge is 2.16. The lowest BCUT2D eigenvalue weighted by Crippen LogP contribution is -2.28. The molecule has 3 aromatic rings. The summed E-state index contributed by atoms with van der Waals surface area (Å²) in [6.45, 7) is 1.94. The molecule has 4 nitrogen and oxygen atoms in total. The summed E-state index contributed by atoms with van der Waals surface area (Å²) < 4.78 is 0. The normalized spacial score (nSPS) is 12.2. The Morgan fingerprint density at radius 1 is 1.17 bits per heavy atom. The highest BCUT2D eigenvalue weighted by atomic mass is 32.1. The van der Waals surface area contributed by atoms with Crippen LogP contribution in [0.5, 0.6) is 0 Å². The number of rotatable bonds is 5. The van der Waals surface area contributed by atoms with Gasteiger partial charge in [0.2, 0.25) is 5.91 Å². The summed E-state index contributed by atoms with van der Waals surface area (Å²) in [5.41, 5.74) is 2.58. The molecule has 0 saturated carbocycles. The fourth-order valence-corrected chi connectivity index (χ4v) is 2.91. The lowest BCUT2D eigenvalue weighted by molar-refractivity contribution is -0.116. The van der Waals surface area contributed by atoms with Crippen LogP contribution in [-0.2, 0) is 4.79 Å². The van der Waals surface area contributed by atoms with E-state index in [1.807, 2.05) is 60.8 Å². The topological polar surface area (TPSA) is 54.9 Å². The largest absolute Gasteiger partial charge is 0.340 e. The smallest absolute Gasteiger partial charge is 0.244 e. The predicted octanol–water partition coefficient (Wildman–Crippen LogP) is 3.77. The van der Waals surface area contributed by atoms with Crippen LogP contribution in [0.3, 0.4) is 0 Å². The van der Waals surface area contributed by atoms with Gasteiger partial charge in [-0.3, -0.25) is 9.78 Å². The summed E-state index contributed by atoms with van der Waals surface area (Å²) in [5, 5.41) is 5.91. The van der Waals surface area contributed by atoms with Crippen LogP contribution in [0, 0.1) is 6.92 Å². The van der Waals surface area contributed by atoms with Crippen LogP contribution in [0.1, 0.15) is 28.0 Å². The molecule has 0 aliphatic carbocycles. The van der Waals surface area contributed by atoms with Gasteiger partial charge in [-0.1, -0.05) is 36.4 Å². The zero-order valence-corrected chi connectivity index (χ0v) is 14.0. The second-order valence-corrected chi connectivity index (χ2v) is 6.29. The molecule has 1 unspecified atom stereocenters. The Morgan fingerprint density at radius 2 is 1.96 bits per heavy atom. The SMILES string of the molecule is Cc1nc(/C=C/C(=O)NC(c2ccccc2)c2ccccn2)cs1. The number of benzene rings is 1. The fourth-order valence-electron chi connectivity index (χ4n) is 2.33. The molecule has 0 aliphatic rings. The summed E-state index contributed by atoms with van der Waals surface area (Å²) in [7, 11) is 0. The van der Waals surface area contributed by atoms with Gasteiger partial charge in [0.25, 0.3) is 0 Å². The lowest BCUT2D eigenvalue weighted by atomic mass is 10.0. The second-order valence-electron chi connectivity index (χ2n) is 5.23. The average molecular weight is 335 g/mol. The summed E-state index contributed by atoms with van der Waals surface area (Å²) >= 11 is 1.56. The third-order valence-electron chi connectivity index (χ3n) is 3.45. The van der Waals surface area contributed by atoms with E-state index in [-0.39, 0.29) is 11.9 Å². The predicted molar refractivity (Wildman–Crippen MR) is 96.5 cm³/mol. The molecular formula is C19H17N3OS. The van der Waals surface area contributed by atoms with Crippen molar-refractivity contribution in [3.8, 4) is 0 Å². The van der Waals surface area contributed by atoms with E-state index in [4.69, 9.17) is 0 Å². The maximum Gasteiger partial charge on any atom is 0.244 e. The van der Waals surface area contributed by atoms with E-state index in [1.165, 1.54) is 6.08 Å². The van der Waals surface area contributed by atoms with Gasteiger partial charge in [0.15, 0.2) is 0 Å². The van der Waals surface area contributed by atoms with Crippen molar-refractivity contribution in [3.63, 3.8) is 0 Å². The molecule has 1 amide bonds. The van der Waals surface area contributed by atoms with Gasteiger partial charge >= 0.3 is 0 Å². The molecule has 0 bridgehead atoms. The van der Waals surface area contributed by atoms with Crippen LogP contribution < -0.4 is 5.32 Å². The van der Waals surface area contributed by atoms with E-state index < -0.39 is 0 Å². The van der Waals surface area contributed by atoms with Gasteiger partial charge in [-0.15, -0.1) is 11.3 Å². The number of hydrogen-bond donors (Lipinski definition) is 1. The Hall–Kier alpha value is -2.79. The third kappa shape index (κ3) is 4.14. The summed E-state index contributed by atoms with van der Waals surface area (Å²) in [6.07, 6.45) is 4.96.